The second-order valence-corrected chi connectivity index (χ2v) is 6.07. The van der Waals surface area contributed by atoms with Gasteiger partial charge < -0.3 is 0 Å². The van der Waals surface area contributed by atoms with Gasteiger partial charge in [0.15, 0.2) is 5.82 Å². The van der Waals surface area contributed by atoms with Crippen molar-refractivity contribution in [3.63, 3.8) is 0 Å². The van der Waals surface area contributed by atoms with E-state index in [1.165, 1.54) is 6.92 Å². The normalized spacial score (nSPS) is 13.0. The monoisotopic (exact) mass is 332 g/mol. The van der Waals surface area contributed by atoms with E-state index in [9.17, 15) is 18.5 Å². The summed E-state index contributed by atoms with van der Waals surface area (Å²) < 4.78 is 26.7. The molecular weight excluding hydrogens is 324 g/mol. The van der Waals surface area contributed by atoms with Crippen molar-refractivity contribution in [3.05, 3.63) is 39.2 Å². The predicted molar refractivity (Wildman–Crippen MR) is 71.0 cm³/mol. The van der Waals surface area contributed by atoms with Crippen LogP contribution in [0, 0.1) is 10.1 Å². The lowest BCUT2D eigenvalue weighted by molar-refractivity contribution is -0.385. The fourth-order valence-corrected chi connectivity index (χ4v) is 3.23. The molecule has 0 bridgehead atoms. The van der Waals surface area contributed by atoms with Gasteiger partial charge >= 0.3 is 0 Å². The van der Waals surface area contributed by atoms with Crippen molar-refractivity contribution in [1.29, 1.82) is 0 Å². The van der Waals surface area contributed by atoms with Gasteiger partial charge in [0.2, 0.25) is 10.0 Å². The molecule has 21 heavy (non-hydrogen) atoms. The number of nitro benzene ring substituents is 1. The number of halogens is 1. The number of sulfonamides is 1. The third-order valence-corrected chi connectivity index (χ3v) is 4.52. The summed E-state index contributed by atoms with van der Waals surface area (Å²) in [7, 11) is -4.08. The van der Waals surface area contributed by atoms with Gasteiger partial charge in [-0.25, -0.2) is 13.1 Å². The summed E-state index contributed by atoms with van der Waals surface area (Å²) >= 11 is 5.80. The zero-order valence-electron chi connectivity index (χ0n) is 10.5. The van der Waals surface area contributed by atoms with Crippen molar-refractivity contribution >= 4 is 27.3 Å². The van der Waals surface area contributed by atoms with Crippen molar-refractivity contribution < 1.29 is 13.3 Å². The number of aromatic amines is 1. The second kappa shape index (κ2) is 5.71. The molecule has 1 atom stereocenters. The van der Waals surface area contributed by atoms with E-state index < -0.39 is 25.9 Å². The van der Waals surface area contributed by atoms with Crippen LogP contribution in [0.2, 0.25) is 5.02 Å². The molecule has 1 unspecified atom stereocenters. The first-order valence-electron chi connectivity index (χ1n) is 5.51. The molecule has 1 aromatic heterocycles. The summed E-state index contributed by atoms with van der Waals surface area (Å²) in [5, 5.41) is 23.4. The highest BCUT2D eigenvalue weighted by Crippen LogP contribution is 2.27. The Bertz CT molecular complexity index is 763. The Balaban J connectivity index is 2.35. The number of hydrogen-bond acceptors (Lipinski definition) is 7. The molecule has 0 aliphatic heterocycles. The quantitative estimate of drug-likeness (QED) is 0.608. The van der Waals surface area contributed by atoms with Gasteiger partial charge in [0, 0.05) is 12.1 Å². The van der Waals surface area contributed by atoms with Crippen LogP contribution < -0.4 is 4.72 Å². The number of aromatic nitrogens is 4. The van der Waals surface area contributed by atoms with E-state index >= 15 is 0 Å². The van der Waals surface area contributed by atoms with Crippen LogP contribution in [0.15, 0.2) is 23.1 Å². The lowest BCUT2D eigenvalue weighted by Crippen LogP contribution is -2.28. The first-order chi connectivity index (χ1) is 9.81. The van der Waals surface area contributed by atoms with Crippen molar-refractivity contribution in [2.75, 3.05) is 0 Å². The van der Waals surface area contributed by atoms with Crippen LogP contribution >= 0.6 is 11.6 Å². The van der Waals surface area contributed by atoms with Crippen molar-refractivity contribution in [1.82, 2.24) is 25.3 Å². The first kappa shape index (κ1) is 15.3. The standard InChI is InChI=1S/C9H9ClN6O4S/c1-5(9-11-14-15-12-9)13-21(19,20)8-4-6(16(17)18)2-3-7(8)10/h2-5,13H,1H3,(H,11,12,14,15). The van der Waals surface area contributed by atoms with Crippen LogP contribution in [-0.2, 0) is 10.0 Å². The van der Waals surface area contributed by atoms with E-state index in [1.807, 2.05) is 0 Å². The number of nitro groups is 1. The third-order valence-electron chi connectivity index (χ3n) is 2.50. The van der Waals surface area contributed by atoms with E-state index in [4.69, 9.17) is 11.6 Å². The van der Waals surface area contributed by atoms with Crippen LogP contribution in [0.25, 0.3) is 0 Å². The summed E-state index contributed by atoms with van der Waals surface area (Å²) in [5.74, 6) is 0.125. The summed E-state index contributed by atoms with van der Waals surface area (Å²) in [6.45, 7) is 1.49. The minimum atomic E-state index is -4.08. The molecule has 0 saturated heterocycles. The molecule has 0 spiro atoms. The molecule has 0 aliphatic carbocycles. The minimum absolute atomic E-state index is 0.125. The zero-order chi connectivity index (χ0) is 15.6. The number of H-pyrrole nitrogens is 1. The topological polar surface area (TPSA) is 144 Å². The number of non-ortho nitro benzene ring substituents is 1. The Morgan fingerprint density at radius 1 is 1.48 bits per heavy atom. The van der Waals surface area contributed by atoms with Crippen LogP contribution in [-0.4, -0.2) is 34.0 Å². The minimum Gasteiger partial charge on any atom is -0.258 e. The molecule has 2 rings (SSSR count). The third kappa shape index (κ3) is 3.32. The number of nitrogens with one attached hydrogen (secondary N) is 2. The SMILES string of the molecule is CC(NS(=O)(=O)c1cc([N+](=O)[O-])ccc1Cl)c1nn[nH]n1. The molecule has 0 radical (unpaired) electrons. The van der Waals surface area contributed by atoms with Gasteiger partial charge in [0.05, 0.1) is 16.0 Å². The molecule has 12 heteroatoms. The Kier molecular flexibility index (Phi) is 4.16. The number of rotatable bonds is 5. The molecule has 1 aromatic carbocycles. The summed E-state index contributed by atoms with van der Waals surface area (Å²) in [5.41, 5.74) is -0.382. The molecule has 10 nitrogen and oxygen atoms in total. The van der Waals surface area contributed by atoms with Gasteiger partial charge in [0.1, 0.15) is 4.90 Å². The van der Waals surface area contributed by atoms with Gasteiger partial charge in [0.25, 0.3) is 5.69 Å². The van der Waals surface area contributed by atoms with Gasteiger partial charge in [-0.05, 0) is 13.0 Å². The highest BCUT2D eigenvalue weighted by atomic mass is 35.5. The van der Waals surface area contributed by atoms with Gasteiger partial charge in [-0.15, -0.1) is 10.2 Å². The fraction of sp³-hybridized carbons (Fsp3) is 0.222. The molecule has 2 aromatic rings. The second-order valence-electron chi connectivity index (χ2n) is 3.98. The Morgan fingerprint density at radius 3 is 2.76 bits per heavy atom. The van der Waals surface area contributed by atoms with Gasteiger partial charge in [-0.3, -0.25) is 10.1 Å². The zero-order valence-corrected chi connectivity index (χ0v) is 12.1. The molecular formula is C9H9ClN6O4S. The van der Waals surface area contributed by atoms with Gasteiger partial charge in [-0.2, -0.15) is 5.21 Å². The Hall–Kier alpha value is -2.11. The fourth-order valence-electron chi connectivity index (χ4n) is 1.51. The highest BCUT2D eigenvalue weighted by Gasteiger charge is 2.25. The molecule has 0 aliphatic rings. The largest absolute Gasteiger partial charge is 0.270 e. The number of hydrogen-bond donors (Lipinski definition) is 2. The summed E-state index contributed by atoms with van der Waals surface area (Å²) in [6.07, 6.45) is 0. The lowest BCUT2D eigenvalue weighted by Gasteiger charge is -2.11. The molecule has 112 valence electrons. The van der Waals surface area contributed by atoms with Crippen molar-refractivity contribution in [2.45, 2.75) is 17.9 Å². The van der Waals surface area contributed by atoms with Crippen LogP contribution in [0.3, 0.4) is 0 Å². The van der Waals surface area contributed by atoms with E-state index in [0.29, 0.717) is 0 Å². The smallest absolute Gasteiger partial charge is 0.258 e. The predicted octanol–water partition coefficient (Wildman–Crippen LogP) is 0.801. The number of nitrogens with zero attached hydrogens (tertiary/aromatic N) is 4. The maximum atomic E-state index is 12.2. The van der Waals surface area contributed by atoms with E-state index in [2.05, 4.69) is 25.3 Å². The highest BCUT2D eigenvalue weighted by molar-refractivity contribution is 7.89. The molecule has 1 heterocycles. The summed E-state index contributed by atoms with van der Waals surface area (Å²) in [6, 6.07) is 2.36. The molecule has 0 fully saturated rings. The van der Waals surface area contributed by atoms with Crippen molar-refractivity contribution in [2.24, 2.45) is 0 Å². The number of benzene rings is 1. The van der Waals surface area contributed by atoms with Crippen LogP contribution in [0.4, 0.5) is 5.69 Å². The maximum absolute atomic E-state index is 12.2. The Morgan fingerprint density at radius 2 is 2.19 bits per heavy atom. The average molecular weight is 333 g/mol. The molecule has 2 N–H and O–H groups in total. The van der Waals surface area contributed by atoms with Gasteiger partial charge in [-0.1, -0.05) is 16.8 Å². The van der Waals surface area contributed by atoms with Crippen LogP contribution in [0.5, 0.6) is 0 Å². The van der Waals surface area contributed by atoms with E-state index in [0.717, 1.165) is 18.2 Å². The first-order valence-corrected chi connectivity index (χ1v) is 7.37. The van der Waals surface area contributed by atoms with E-state index in [-0.39, 0.29) is 16.5 Å². The summed E-state index contributed by atoms with van der Waals surface area (Å²) in [4.78, 5) is 9.61. The molecule has 0 amide bonds. The Labute approximate surface area is 123 Å². The van der Waals surface area contributed by atoms with E-state index in [1.54, 1.807) is 0 Å². The molecule has 0 saturated carbocycles. The number of tetrazole rings is 1. The lowest BCUT2D eigenvalue weighted by atomic mass is 10.3. The maximum Gasteiger partial charge on any atom is 0.270 e. The van der Waals surface area contributed by atoms with Crippen LogP contribution in [0.1, 0.15) is 18.8 Å². The van der Waals surface area contributed by atoms with Crippen molar-refractivity contribution in [3.8, 4) is 0 Å². The average Bonchev–Trinajstić information content (AvgIpc) is 2.92.